The van der Waals surface area contributed by atoms with E-state index >= 15 is 0 Å². The zero-order chi connectivity index (χ0) is 11.1. The van der Waals surface area contributed by atoms with Gasteiger partial charge in [0.25, 0.3) is 0 Å². The molecule has 0 aromatic heterocycles. The number of hydrogen-bond acceptors (Lipinski definition) is 2. The molecule has 88 valence electrons. The van der Waals surface area contributed by atoms with E-state index in [0.717, 1.165) is 12.3 Å². The van der Waals surface area contributed by atoms with Gasteiger partial charge in [-0.3, -0.25) is 0 Å². The summed E-state index contributed by atoms with van der Waals surface area (Å²) < 4.78 is 0. The topological polar surface area (TPSA) is 32.3 Å². The Labute approximate surface area is 93.5 Å². The molecule has 0 bridgehead atoms. The highest BCUT2D eigenvalue weighted by atomic mass is 16.3. The summed E-state index contributed by atoms with van der Waals surface area (Å²) in [5.74, 6) is 0.874. The number of aliphatic hydroxyl groups excluding tert-OH is 1. The average molecular weight is 211 g/mol. The first kappa shape index (κ1) is 11.4. The fraction of sp³-hybridized carbons (Fsp3) is 1.00. The van der Waals surface area contributed by atoms with Crippen molar-refractivity contribution in [3.63, 3.8) is 0 Å². The maximum atomic E-state index is 9.70. The Morgan fingerprint density at radius 1 is 1.33 bits per heavy atom. The highest BCUT2D eigenvalue weighted by Crippen LogP contribution is 2.42. The van der Waals surface area contributed by atoms with E-state index in [1.807, 2.05) is 0 Å². The van der Waals surface area contributed by atoms with Crippen LogP contribution in [0.15, 0.2) is 0 Å². The summed E-state index contributed by atoms with van der Waals surface area (Å²) in [6, 6.07) is 1.25. The van der Waals surface area contributed by atoms with Crippen molar-refractivity contribution in [2.45, 2.75) is 71.1 Å². The van der Waals surface area contributed by atoms with Crippen LogP contribution in [-0.2, 0) is 0 Å². The first-order chi connectivity index (χ1) is 7.05. The Morgan fingerprint density at radius 2 is 2.07 bits per heavy atom. The van der Waals surface area contributed by atoms with Crippen molar-refractivity contribution in [3.8, 4) is 0 Å². The molecule has 4 atom stereocenters. The molecule has 2 nitrogen and oxygen atoms in total. The molecule has 2 aliphatic rings. The summed E-state index contributed by atoms with van der Waals surface area (Å²) >= 11 is 0. The summed E-state index contributed by atoms with van der Waals surface area (Å²) in [5.41, 5.74) is 0.0842. The quantitative estimate of drug-likeness (QED) is 0.751. The van der Waals surface area contributed by atoms with Gasteiger partial charge in [0.15, 0.2) is 0 Å². The van der Waals surface area contributed by atoms with E-state index in [0.29, 0.717) is 12.1 Å². The second-order valence-corrected chi connectivity index (χ2v) is 6.00. The highest BCUT2D eigenvalue weighted by molar-refractivity contribution is 5.03. The maximum Gasteiger partial charge on any atom is 0.0621 e. The summed E-state index contributed by atoms with van der Waals surface area (Å²) in [6.07, 6.45) is 6.25. The van der Waals surface area contributed by atoms with Crippen LogP contribution in [0, 0.1) is 11.3 Å². The van der Waals surface area contributed by atoms with E-state index in [1.54, 1.807) is 0 Å². The lowest BCUT2D eigenvalue weighted by Crippen LogP contribution is -2.62. The first-order valence-electron chi connectivity index (χ1n) is 6.49. The monoisotopic (exact) mass is 211 g/mol. The van der Waals surface area contributed by atoms with E-state index in [-0.39, 0.29) is 11.5 Å². The molecule has 0 amide bonds. The molecule has 0 aromatic rings. The fourth-order valence-electron chi connectivity index (χ4n) is 3.19. The molecule has 0 heterocycles. The Hall–Kier alpha value is -0.0800. The van der Waals surface area contributed by atoms with E-state index in [1.165, 1.54) is 25.7 Å². The molecular formula is C13H25NO. The molecule has 2 rings (SSSR count). The van der Waals surface area contributed by atoms with E-state index in [2.05, 4.69) is 26.1 Å². The Kier molecular flexibility index (Phi) is 3.09. The van der Waals surface area contributed by atoms with E-state index in [4.69, 9.17) is 0 Å². The summed E-state index contributed by atoms with van der Waals surface area (Å²) in [4.78, 5) is 0. The Bertz CT molecular complexity index is 227. The fourth-order valence-corrected chi connectivity index (χ4v) is 3.19. The summed E-state index contributed by atoms with van der Waals surface area (Å²) in [5, 5.41) is 13.5. The molecule has 2 N–H and O–H groups in total. The average Bonchev–Trinajstić information content (AvgIpc) is 2.65. The number of aliphatic hydroxyl groups is 1. The van der Waals surface area contributed by atoms with Crippen molar-refractivity contribution in [2.75, 3.05) is 0 Å². The third kappa shape index (κ3) is 1.94. The molecule has 2 saturated carbocycles. The second kappa shape index (κ2) is 4.06. The van der Waals surface area contributed by atoms with Gasteiger partial charge in [-0.15, -0.1) is 0 Å². The second-order valence-electron chi connectivity index (χ2n) is 6.00. The van der Waals surface area contributed by atoms with Crippen molar-refractivity contribution in [2.24, 2.45) is 11.3 Å². The largest absolute Gasteiger partial charge is 0.392 e. The highest BCUT2D eigenvalue weighted by Gasteiger charge is 2.48. The zero-order valence-electron chi connectivity index (χ0n) is 10.3. The molecule has 0 saturated heterocycles. The van der Waals surface area contributed by atoms with Crippen molar-refractivity contribution < 1.29 is 5.11 Å². The predicted molar refractivity (Wildman–Crippen MR) is 62.7 cm³/mol. The Balaban J connectivity index is 1.87. The molecule has 2 aliphatic carbocycles. The van der Waals surface area contributed by atoms with Crippen molar-refractivity contribution in [1.82, 2.24) is 5.32 Å². The van der Waals surface area contributed by atoms with Crippen molar-refractivity contribution in [1.29, 1.82) is 0 Å². The molecule has 2 fully saturated rings. The van der Waals surface area contributed by atoms with E-state index < -0.39 is 0 Å². The van der Waals surface area contributed by atoms with Gasteiger partial charge in [0, 0.05) is 17.5 Å². The minimum Gasteiger partial charge on any atom is -0.392 e. The first-order valence-corrected chi connectivity index (χ1v) is 6.49. The molecule has 4 unspecified atom stereocenters. The minimum absolute atomic E-state index is 0.0842. The predicted octanol–water partition coefficient (Wildman–Crippen LogP) is 2.31. The lowest BCUT2D eigenvalue weighted by atomic mass is 9.64. The summed E-state index contributed by atoms with van der Waals surface area (Å²) in [7, 11) is 0. The maximum absolute atomic E-state index is 9.70. The molecule has 15 heavy (non-hydrogen) atoms. The number of hydrogen-bond donors (Lipinski definition) is 2. The molecule has 0 spiro atoms. The van der Waals surface area contributed by atoms with Gasteiger partial charge in [-0.2, -0.15) is 0 Å². The van der Waals surface area contributed by atoms with Gasteiger partial charge in [0.05, 0.1) is 6.10 Å². The van der Waals surface area contributed by atoms with Gasteiger partial charge >= 0.3 is 0 Å². The van der Waals surface area contributed by atoms with Crippen LogP contribution in [0.5, 0.6) is 0 Å². The molecule has 0 aliphatic heterocycles. The summed E-state index contributed by atoms with van der Waals surface area (Å²) in [6.45, 7) is 6.65. The third-order valence-electron chi connectivity index (χ3n) is 4.81. The normalized spacial score (nSPS) is 44.0. The van der Waals surface area contributed by atoms with Crippen LogP contribution in [0.25, 0.3) is 0 Å². The number of rotatable bonds is 3. The third-order valence-corrected chi connectivity index (χ3v) is 4.81. The minimum atomic E-state index is -0.100. The van der Waals surface area contributed by atoms with Gasteiger partial charge in [-0.1, -0.05) is 33.6 Å². The van der Waals surface area contributed by atoms with Crippen LogP contribution in [0.1, 0.15) is 52.9 Å². The number of nitrogens with one attached hydrogen (secondary N) is 1. The van der Waals surface area contributed by atoms with Crippen LogP contribution >= 0.6 is 0 Å². The van der Waals surface area contributed by atoms with Crippen molar-refractivity contribution >= 4 is 0 Å². The van der Waals surface area contributed by atoms with Gasteiger partial charge in [-0.25, -0.2) is 0 Å². The van der Waals surface area contributed by atoms with Gasteiger partial charge in [0.2, 0.25) is 0 Å². The van der Waals surface area contributed by atoms with E-state index in [9.17, 15) is 5.11 Å². The molecule has 2 heteroatoms. The standard InChI is InChI=1S/C13H25NO/c1-4-9-6-5-7-10(9)14-11-8-12(15)13(11,2)3/h9-12,14-15H,4-8H2,1-3H3. The van der Waals surface area contributed by atoms with Gasteiger partial charge in [-0.05, 0) is 25.2 Å². The lowest BCUT2D eigenvalue weighted by Gasteiger charge is -2.51. The lowest BCUT2D eigenvalue weighted by molar-refractivity contribution is -0.0771. The zero-order valence-corrected chi connectivity index (χ0v) is 10.3. The smallest absolute Gasteiger partial charge is 0.0621 e. The van der Waals surface area contributed by atoms with Crippen LogP contribution < -0.4 is 5.32 Å². The van der Waals surface area contributed by atoms with Crippen LogP contribution in [-0.4, -0.2) is 23.3 Å². The Morgan fingerprint density at radius 3 is 2.60 bits per heavy atom. The molecule has 0 radical (unpaired) electrons. The van der Waals surface area contributed by atoms with Crippen molar-refractivity contribution in [3.05, 3.63) is 0 Å². The molecular weight excluding hydrogens is 186 g/mol. The molecule has 0 aromatic carbocycles. The van der Waals surface area contributed by atoms with Crippen LogP contribution in [0.4, 0.5) is 0 Å². The van der Waals surface area contributed by atoms with Gasteiger partial charge in [0.1, 0.15) is 0 Å². The van der Waals surface area contributed by atoms with Crippen LogP contribution in [0.2, 0.25) is 0 Å². The van der Waals surface area contributed by atoms with Gasteiger partial charge < -0.3 is 10.4 Å². The SMILES string of the molecule is CCC1CCCC1NC1CC(O)C1(C)C. The van der Waals surface area contributed by atoms with Crippen LogP contribution in [0.3, 0.4) is 0 Å².